The van der Waals surface area contributed by atoms with Crippen molar-refractivity contribution in [1.82, 2.24) is 20.1 Å². The van der Waals surface area contributed by atoms with Crippen molar-refractivity contribution in [3.8, 4) is 5.75 Å². The maximum absolute atomic E-state index is 6.30. The summed E-state index contributed by atoms with van der Waals surface area (Å²) in [6.45, 7) is 4.24. The molecule has 0 amide bonds. The van der Waals surface area contributed by atoms with Crippen molar-refractivity contribution >= 4 is 10.9 Å². The van der Waals surface area contributed by atoms with E-state index in [0.717, 1.165) is 87.0 Å². The number of H-pyrrole nitrogens is 1. The number of rotatable bonds is 5. The van der Waals surface area contributed by atoms with Crippen LogP contribution in [0, 0.1) is 0 Å². The first kappa shape index (κ1) is 17.7. The van der Waals surface area contributed by atoms with E-state index >= 15 is 0 Å². The Kier molecular flexibility index (Phi) is 5.01. The third-order valence-corrected chi connectivity index (χ3v) is 5.80. The van der Waals surface area contributed by atoms with E-state index in [1.807, 2.05) is 12.3 Å². The first-order chi connectivity index (χ1) is 13.8. The second-order valence-electron chi connectivity index (χ2n) is 7.71. The molecule has 7 nitrogen and oxygen atoms in total. The first-order valence-electron chi connectivity index (χ1n) is 10.2. The zero-order valence-electron chi connectivity index (χ0n) is 16.0. The van der Waals surface area contributed by atoms with Gasteiger partial charge in [-0.15, -0.1) is 10.2 Å². The van der Waals surface area contributed by atoms with Gasteiger partial charge in [0.05, 0.1) is 6.54 Å². The van der Waals surface area contributed by atoms with Crippen LogP contribution >= 0.6 is 0 Å². The van der Waals surface area contributed by atoms with E-state index in [1.165, 1.54) is 0 Å². The highest BCUT2D eigenvalue weighted by atomic mass is 16.5. The lowest BCUT2D eigenvalue weighted by molar-refractivity contribution is 0.0774. The normalized spacial score (nSPS) is 20.0. The highest BCUT2D eigenvalue weighted by Crippen LogP contribution is 2.28. The Balaban J connectivity index is 1.14. The van der Waals surface area contributed by atoms with Crippen molar-refractivity contribution in [3.05, 3.63) is 42.2 Å². The van der Waals surface area contributed by atoms with E-state index in [4.69, 9.17) is 13.9 Å². The lowest BCUT2D eigenvalue weighted by Gasteiger charge is -2.31. The molecule has 5 rings (SSSR count). The maximum Gasteiger partial charge on any atom is 0.230 e. The maximum atomic E-state index is 6.30. The fraction of sp³-hybridized carbons (Fsp3) is 0.524. The van der Waals surface area contributed by atoms with Crippen LogP contribution in [0.1, 0.15) is 43.4 Å². The molecule has 1 aromatic carbocycles. The molecule has 2 fully saturated rings. The van der Waals surface area contributed by atoms with Crippen molar-refractivity contribution in [2.45, 2.75) is 44.2 Å². The number of likely N-dealkylation sites (tertiary alicyclic amines) is 1. The van der Waals surface area contributed by atoms with E-state index < -0.39 is 0 Å². The molecule has 2 aliphatic heterocycles. The number of nitrogens with zero attached hydrogens (tertiary/aromatic N) is 3. The summed E-state index contributed by atoms with van der Waals surface area (Å²) in [5.74, 6) is 2.81. The van der Waals surface area contributed by atoms with Gasteiger partial charge in [-0.05, 0) is 43.9 Å². The molecular weight excluding hydrogens is 356 g/mol. The average Bonchev–Trinajstić information content (AvgIpc) is 3.40. The molecule has 2 aromatic heterocycles. The fourth-order valence-electron chi connectivity index (χ4n) is 4.16. The number of nitrogens with one attached hydrogen (secondary N) is 1. The van der Waals surface area contributed by atoms with Crippen molar-refractivity contribution in [2.24, 2.45) is 0 Å². The number of hydrogen-bond acceptors (Lipinski definition) is 6. The largest absolute Gasteiger partial charge is 0.490 e. The number of hydrogen-bond donors (Lipinski definition) is 1. The molecule has 0 radical (unpaired) electrons. The fourth-order valence-corrected chi connectivity index (χ4v) is 4.16. The molecule has 0 bridgehead atoms. The van der Waals surface area contributed by atoms with Crippen molar-refractivity contribution in [3.63, 3.8) is 0 Å². The van der Waals surface area contributed by atoms with Gasteiger partial charge in [0.2, 0.25) is 11.8 Å². The number of fused-ring (bicyclic) bond motifs is 1. The van der Waals surface area contributed by atoms with Gasteiger partial charge in [0.25, 0.3) is 0 Å². The zero-order valence-corrected chi connectivity index (χ0v) is 16.0. The minimum Gasteiger partial charge on any atom is -0.490 e. The molecule has 0 saturated carbocycles. The van der Waals surface area contributed by atoms with Crippen LogP contribution in [0.2, 0.25) is 0 Å². The predicted octanol–water partition coefficient (Wildman–Crippen LogP) is 3.49. The molecular formula is C21H26N4O3. The molecule has 4 heterocycles. The molecule has 28 heavy (non-hydrogen) atoms. The molecule has 2 aliphatic rings. The SMILES string of the molecule is c1cc(OC2CCN(Cc3nnc(C4CCOCC4)o3)CC2)c2cc[nH]c2c1. The van der Waals surface area contributed by atoms with Crippen LogP contribution < -0.4 is 4.74 Å². The van der Waals surface area contributed by atoms with Crippen molar-refractivity contribution in [1.29, 1.82) is 0 Å². The van der Waals surface area contributed by atoms with Gasteiger partial charge in [0.1, 0.15) is 11.9 Å². The average molecular weight is 382 g/mol. The molecule has 7 heteroatoms. The number of benzene rings is 1. The Labute approximate surface area is 164 Å². The molecule has 0 unspecified atom stereocenters. The quantitative estimate of drug-likeness (QED) is 0.728. The molecule has 0 atom stereocenters. The van der Waals surface area contributed by atoms with Gasteiger partial charge in [-0.3, -0.25) is 4.90 Å². The summed E-state index contributed by atoms with van der Waals surface area (Å²) in [5.41, 5.74) is 1.12. The van der Waals surface area contributed by atoms with E-state index in [9.17, 15) is 0 Å². The first-order valence-corrected chi connectivity index (χ1v) is 10.2. The Morgan fingerprint density at radius 1 is 1.07 bits per heavy atom. The Hall–Kier alpha value is -2.38. The minimum atomic E-state index is 0.247. The van der Waals surface area contributed by atoms with Crippen LogP contribution in [-0.4, -0.2) is 52.5 Å². The number of aromatic nitrogens is 3. The van der Waals surface area contributed by atoms with E-state index in [1.54, 1.807) is 0 Å². The summed E-state index contributed by atoms with van der Waals surface area (Å²) in [5, 5.41) is 9.69. The van der Waals surface area contributed by atoms with Crippen LogP contribution in [0.3, 0.4) is 0 Å². The highest BCUT2D eigenvalue weighted by molar-refractivity contribution is 5.85. The van der Waals surface area contributed by atoms with Gasteiger partial charge in [0.15, 0.2) is 0 Å². The Bertz CT molecular complexity index is 907. The van der Waals surface area contributed by atoms with Crippen LogP contribution in [-0.2, 0) is 11.3 Å². The summed E-state index contributed by atoms with van der Waals surface area (Å²) in [6.07, 6.45) is 6.15. The molecule has 1 N–H and O–H groups in total. The van der Waals surface area contributed by atoms with E-state index in [-0.39, 0.29) is 6.10 Å². The summed E-state index contributed by atoms with van der Waals surface area (Å²) in [7, 11) is 0. The highest BCUT2D eigenvalue weighted by Gasteiger charge is 2.25. The summed E-state index contributed by atoms with van der Waals surface area (Å²) in [6, 6.07) is 8.24. The molecule has 0 spiro atoms. The number of piperidine rings is 1. The third-order valence-electron chi connectivity index (χ3n) is 5.80. The number of ether oxygens (including phenoxy) is 2. The van der Waals surface area contributed by atoms with Gasteiger partial charge in [-0.25, -0.2) is 0 Å². The van der Waals surface area contributed by atoms with Gasteiger partial charge in [0, 0.05) is 49.3 Å². The Morgan fingerprint density at radius 3 is 2.79 bits per heavy atom. The minimum absolute atomic E-state index is 0.247. The van der Waals surface area contributed by atoms with Crippen LogP contribution in [0.25, 0.3) is 10.9 Å². The molecule has 148 valence electrons. The Morgan fingerprint density at radius 2 is 1.93 bits per heavy atom. The second kappa shape index (κ2) is 7.93. The van der Waals surface area contributed by atoms with Gasteiger partial charge in [-0.1, -0.05) is 6.07 Å². The smallest absolute Gasteiger partial charge is 0.230 e. The molecule has 0 aliphatic carbocycles. The molecule has 3 aromatic rings. The number of aromatic amines is 1. The predicted molar refractivity (Wildman–Crippen MR) is 104 cm³/mol. The molecule has 2 saturated heterocycles. The monoisotopic (exact) mass is 382 g/mol. The van der Waals surface area contributed by atoms with E-state index in [2.05, 4.69) is 38.3 Å². The lowest BCUT2D eigenvalue weighted by atomic mass is 10.0. The standard InChI is InChI=1S/C21H26N4O3/c1-2-18-17(4-9-22-18)19(3-1)27-16-5-10-25(11-6-16)14-20-23-24-21(28-20)15-7-12-26-13-8-15/h1-4,9,15-16,22H,5-8,10-14H2. The lowest BCUT2D eigenvalue weighted by Crippen LogP contribution is -2.37. The summed E-state index contributed by atoms with van der Waals surface area (Å²) in [4.78, 5) is 5.61. The van der Waals surface area contributed by atoms with Crippen molar-refractivity contribution < 1.29 is 13.9 Å². The third kappa shape index (κ3) is 3.77. The summed E-state index contributed by atoms with van der Waals surface area (Å²) < 4.78 is 17.6. The van der Waals surface area contributed by atoms with Gasteiger partial charge in [-0.2, -0.15) is 0 Å². The van der Waals surface area contributed by atoms with Gasteiger partial charge >= 0.3 is 0 Å². The second-order valence-corrected chi connectivity index (χ2v) is 7.71. The van der Waals surface area contributed by atoms with Crippen LogP contribution in [0.5, 0.6) is 5.75 Å². The summed E-state index contributed by atoms with van der Waals surface area (Å²) >= 11 is 0. The van der Waals surface area contributed by atoms with Crippen molar-refractivity contribution in [2.75, 3.05) is 26.3 Å². The van der Waals surface area contributed by atoms with Gasteiger partial charge < -0.3 is 18.9 Å². The van der Waals surface area contributed by atoms with Crippen LogP contribution in [0.4, 0.5) is 0 Å². The topological polar surface area (TPSA) is 76.4 Å². The zero-order chi connectivity index (χ0) is 18.8. The van der Waals surface area contributed by atoms with Crippen LogP contribution in [0.15, 0.2) is 34.9 Å². The van der Waals surface area contributed by atoms with E-state index in [0.29, 0.717) is 5.92 Å².